The molecular weight excluding hydrogens is 316 g/mol. The second-order valence-corrected chi connectivity index (χ2v) is 5.98. The van der Waals surface area contributed by atoms with E-state index in [0.29, 0.717) is 0 Å². The van der Waals surface area contributed by atoms with Gasteiger partial charge in [0, 0.05) is 6.42 Å². The van der Waals surface area contributed by atoms with Crippen molar-refractivity contribution < 1.29 is 34.8 Å². The largest absolute Gasteiger partial charge is 0.508 e. The molecule has 1 aromatic carbocycles. The van der Waals surface area contributed by atoms with Gasteiger partial charge in [0.1, 0.15) is 16.9 Å². The van der Waals surface area contributed by atoms with E-state index in [2.05, 4.69) is 6.58 Å². The number of benzene rings is 1. The molecule has 0 spiro atoms. The van der Waals surface area contributed by atoms with Crippen LogP contribution in [0.25, 0.3) is 0 Å². The van der Waals surface area contributed by atoms with Gasteiger partial charge in [-0.1, -0.05) is 6.58 Å². The summed E-state index contributed by atoms with van der Waals surface area (Å²) >= 11 is 0. The second kappa shape index (κ2) is 6.62. The highest BCUT2D eigenvalue weighted by atomic mass is 16.5. The van der Waals surface area contributed by atoms with Crippen molar-refractivity contribution in [3.63, 3.8) is 0 Å². The number of carbonyl (C=O) groups excluding carboxylic acids is 2. The van der Waals surface area contributed by atoms with Crippen molar-refractivity contribution in [1.82, 2.24) is 0 Å². The molecule has 1 aromatic rings. The average molecular weight is 336 g/mol. The third-order valence-corrected chi connectivity index (χ3v) is 4.52. The van der Waals surface area contributed by atoms with Crippen LogP contribution in [-0.4, -0.2) is 51.5 Å². The molecule has 1 fully saturated rings. The van der Waals surface area contributed by atoms with Crippen LogP contribution in [0.5, 0.6) is 11.5 Å². The Morgan fingerprint density at radius 3 is 2.62 bits per heavy atom. The quantitative estimate of drug-likeness (QED) is 0.279. The highest BCUT2D eigenvalue weighted by molar-refractivity contribution is 6.01. The number of hydrogen-bond acceptors (Lipinski definition) is 7. The Morgan fingerprint density at radius 1 is 1.33 bits per heavy atom. The highest BCUT2D eigenvalue weighted by Gasteiger charge is 2.52. The molecule has 1 aliphatic rings. The molecule has 7 nitrogen and oxygen atoms in total. The number of ketones is 1. The van der Waals surface area contributed by atoms with E-state index >= 15 is 0 Å². The normalized spacial score (nSPS) is 26.9. The number of phenols is 2. The first-order valence-electron chi connectivity index (χ1n) is 7.41. The minimum absolute atomic E-state index is 0.0202. The minimum Gasteiger partial charge on any atom is -0.508 e. The summed E-state index contributed by atoms with van der Waals surface area (Å²) in [5.41, 5.74) is -1.72. The third kappa shape index (κ3) is 3.00. The fraction of sp³-hybridized carbons (Fsp3) is 0.412. The van der Waals surface area contributed by atoms with E-state index in [4.69, 9.17) is 4.74 Å². The van der Waals surface area contributed by atoms with Gasteiger partial charge >= 0.3 is 5.97 Å². The van der Waals surface area contributed by atoms with Crippen LogP contribution < -0.4 is 0 Å². The average Bonchev–Trinajstić information content (AvgIpc) is 2.56. The molecule has 2 rings (SSSR count). The molecule has 3 atom stereocenters. The zero-order valence-corrected chi connectivity index (χ0v) is 13.2. The summed E-state index contributed by atoms with van der Waals surface area (Å²) in [5, 5.41) is 39.5. The number of aliphatic hydroxyl groups excluding tert-OH is 2. The summed E-state index contributed by atoms with van der Waals surface area (Å²) in [4.78, 5) is 24.9. The number of phenolic OH excluding ortho intramolecular Hbond substituents is 2. The van der Waals surface area contributed by atoms with Gasteiger partial charge in [0.05, 0.1) is 24.9 Å². The van der Waals surface area contributed by atoms with Gasteiger partial charge in [-0.25, -0.2) is 0 Å². The standard InChI is InChI=1S/C17H20O7/c1-9-12(19)5-6-17(15(9)22,16(23)24-2)8-14(21)11-7-10(18)3-4-13(11)20/h3-4,7,12,15,18-20,22H,1,5-6,8H2,2H3. The minimum atomic E-state index is -1.60. The molecule has 7 heteroatoms. The number of hydrogen-bond donors (Lipinski definition) is 4. The number of methoxy groups -OCH3 is 1. The summed E-state index contributed by atoms with van der Waals surface area (Å²) in [6.07, 6.45) is -2.72. The van der Waals surface area contributed by atoms with Gasteiger partial charge < -0.3 is 25.2 Å². The van der Waals surface area contributed by atoms with Gasteiger partial charge in [0.25, 0.3) is 0 Å². The molecule has 1 saturated carbocycles. The lowest BCUT2D eigenvalue weighted by Crippen LogP contribution is -2.51. The molecule has 0 saturated heterocycles. The van der Waals surface area contributed by atoms with E-state index < -0.39 is 35.8 Å². The molecule has 4 N–H and O–H groups in total. The van der Waals surface area contributed by atoms with Crippen LogP contribution in [0, 0.1) is 5.41 Å². The Hall–Kier alpha value is -2.38. The first kappa shape index (κ1) is 18.0. The lowest BCUT2D eigenvalue weighted by molar-refractivity contribution is -0.162. The number of carbonyl (C=O) groups is 2. The number of aromatic hydroxyl groups is 2. The zero-order chi connectivity index (χ0) is 18.1. The van der Waals surface area contributed by atoms with Crippen molar-refractivity contribution in [3.05, 3.63) is 35.9 Å². The molecule has 130 valence electrons. The Labute approximate surface area is 138 Å². The van der Waals surface area contributed by atoms with Crippen molar-refractivity contribution in [1.29, 1.82) is 0 Å². The van der Waals surface area contributed by atoms with Gasteiger partial charge in [-0.05, 0) is 36.6 Å². The maximum atomic E-state index is 12.6. The Bertz CT molecular complexity index is 682. The van der Waals surface area contributed by atoms with E-state index in [1.165, 1.54) is 6.07 Å². The van der Waals surface area contributed by atoms with Crippen LogP contribution in [0.4, 0.5) is 0 Å². The van der Waals surface area contributed by atoms with Crippen molar-refractivity contribution >= 4 is 11.8 Å². The summed E-state index contributed by atoms with van der Waals surface area (Å²) < 4.78 is 4.75. The number of Topliss-reactive ketones (excluding diaryl/α,β-unsaturated/α-hetero) is 1. The molecule has 0 aliphatic heterocycles. The second-order valence-electron chi connectivity index (χ2n) is 5.98. The van der Waals surface area contributed by atoms with Crippen molar-refractivity contribution in [3.8, 4) is 11.5 Å². The van der Waals surface area contributed by atoms with Crippen LogP contribution in [0.3, 0.4) is 0 Å². The lowest BCUT2D eigenvalue weighted by atomic mass is 9.66. The maximum absolute atomic E-state index is 12.6. The predicted octanol–water partition coefficient (Wildman–Crippen LogP) is 0.902. The topological polar surface area (TPSA) is 124 Å². The monoisotopic (exact) mass is 336 g/mol. The number of ether oxygens (including phenoxy) is 1. The van der Waals surface area contributed by atoms with E-state index in [0.717, 1.165) is 19.2 Å². The van der Waals surface area contributed by atoms with Crippen molar-refractivity contribution in [2.75, 3.05) is 7.11 Å². The summed E-state index contributed by atoms with van der Waals surface area (Å²) in [6, 6.07) is 3.46. The molecule has 24 heavy (non-hydrogen) atoms. The van der Waals surface area contributed by atoms with E-state index in [9.17, 15) is 30.0 Å². The van der Waals surface area contributed by atoms with Gasteiger partial charge in [0.2, 0.25) is 0 Å². The molecule has 0 amide bonds. The van der Waals surface area contributed by atoms with Crippen molar-refractivity contribution in [2.45, 2.75) is 31.5 Å². The van der Waals surface area contributed by atoms with Crippen molar-refractivity contribution in [2.24, 2.45) is 5.41 Å². The fourth-order valence-electron chi connectivity index (χ4n) is 3.06. The Balaban J connectivity index is 2.40. The van der Waals surface area contributed by atoms with Crippen LogP contribution in [-0.2, 0) is 9.53 Å². The van der Waals surface area contributed by atoms with Gasteiger partial charge in [0.15, 0.2) is 5.78 Å². The molecule has 0 heterocycles. The Morgan fingerprint density at radius 2 is 2.00 bits per heavy atom. The Kier molecular flexibility index (Phi) is 4.96. The first-order chi connectivity index (χ1) is 11.2. The molecule has 1 aliphatic carbocycles. The van der Waals surface area contributed by atoms with E-state index in [1.54, 1.807) is 0 Å². The first-order valence-corrected chi connectivity index (χ1v) is 7.41. The highest BCUT2D eigenvalue weighted by Crippen LogP contribution is 2.44. The van der Waals surface area contributed by atoms with Crippen LogP contribution in [0.1, 0.15) is 29.6 Å². The third-order valence-electron chi connectivity index (χ3n) is 4.52. The maximum Gasteiger partial charge on any atom is 0.315 e. The molecule has 0 radical (unpaired) electrons. The predicted molar refractivity (Wildman–Crippen MR) is 83.6 cm³/mol. The molecular formula is C17H20O7. The van der Waals surface area contributed by atoms with Gasteiger partial charge in [-0.2, -0.15) is 0 Å². The number of esters is 1. The fourth-order valence-corrected chi connectivity index (χ4v) is 3.06. The summed E-state index contributed by atoms with van der Waals surface area (Å²) in [5.74, 6) is -2.00. The van der Waals surface area contributed by atoms with E-state index in [-0.39, 0.29) is 35.5 Å². The van der Waals surface area contributed by atoms with Crippen LogP contribution in [0.15, 0.2) is 30.4 Å². The summed E-state index contributed by atoms with van der Waals surface area (Å²) in [7, 11) is 1.14. The number of aliphatic hydroxyl groups is 2. The van der Waals surface area contributed by atoms with Crippen LogP contribution >= 0.6 is 0 Å². The van der Waals surface area contributed by atoms with Gasteiger partial charge in [-0.15, -0.1) is 0 Å². The number of rotatable bonds is 4. The summed E-state index contributed by atoms with van der Waals surface area (Å²) in [6.45, 7) is 3.59. The van der Waals surface area contributed by atoms with Crippen LogP contribution in [0.2, 0.25) is 0 Å². The smallest absolute Gasteiger partial charge is 0.315 e. The van der Waals surface area contributed by atoms with Gasteiger partial charge in [-0.3, -0.25) is 9.59 Å². The zero-order valence-electron chi connectivity index (χ0n) is 13.2. The molecule has 3 unspecified atom stereocenters. The lowest BCUT2D eigenvalue weighted by Gasteiger charge is -2.41. The molecule has 0 bridgehead atoms. The SMILES string of the molecule is C=C1C(O)CCC(CC(=O)c2cc(O)ccc2O)(C(=O)OC)C1O. The molecule has 0 aromatic heterocycles. The van der Waals surface area contributed by atoms with E-state index in [1.807, 2.05) is 0 Å².